The molecule has 2 aromatic rings. The fourth-order valence-corrected chi connectivity index (χ4v) is 3.83. The highest BCUT2D eigenvalue weighted by Gasteiger charge is 2.25. The molecular weight excluding hydrogens is 351 g/mol. The molecule has 1 aliphatic rings. The largest absolute Gasteiger partial charge is 0.243 e. The average molecular weight is 367 g/mol. The Kier molecular flexibility index (Phi) is 4.47. The molecule has 7 heteroatoms. The van der Waals surface area contributed by atoms with E-state index < -0.39 is 26.6 Å². The number of sulfonamides is 1. The van der Waals surface area contributed by atoms with Crippen LogP contribution in [0.4, 0.5) is 13.2 Å². The predicted molar refractivity (Wildman–Crippen MR) is 89.5 cm³/mol. The summed E-state index contributed by atoms with van der Waals surface area (Å²) >= 11 is 0. The summed E-state index contributed by atoms with van der Waals surface area (Å²) in [6.45, 7) is 1.65. The maximum absolute atomic E-state index is 14.1. The third kappa shape index (κ3) is 3.34. The quantitative estimate of drug-likeness (QED) is 0.886. The minimum Gasteiger partial charge on any atom is -0.224 e. The monoisotopic (exact) mass is 367 g/mol. The molecule has 3 nitrogen and oxygen atoms in total. The van der Waals surface area contributed by atoms with Crippen molar-refractivity contribution in [1.82, 2.24) is 0 Å². The van der Waals surface area contributed by atoms with Gasteiger partial charge in [0.1, 0.15) is 17.5 Å². The van der Waals surface area contributed by atoms with Crippen LogP contribution in [0.25, 0.3) is 11.1 Å². The van der Waals surface area contributed by atoms with Crippen LogP contribution in [0, 0.1) is 24.4 Å². The molecule has 0 saturated heterocycles. The second-order valence-corrected chi connectivity index (χ2v) is 7.59. The lowest BCUT2D eigenvalue weighted by Crippen LogP contribution is -2.16. The summed E-state index contributed by atoms with van der Waals surface area (Å²) in [4.78, 5) is -1.14. The van der Waals surface area contributed by atoms with E-state index in [0.717, 1.165) is 24.1 Å². The van der Waals surface area contributed by atoms with Crippen LogP contribution in [0.1, 0.15) is 36.0 Å². The summed E-state index contributed by atoms with van der Waals surface area (Å²) in [5, 5.41) is 4.85. The third-order valence-electron chi connectivity index (χ3n) is 4.37. The molecule has 132 valence electrons. The van der Waals surface area contributed by atoms with Crippen LogP contribution in [0.2, 0.25) is 0 Å². The molecule has 0 unspecified atom stereocenters. The standard InChI is InChI=1S/C18H16F3NO2S/c1-10-5-6-11(7-15(10)19)13-3-2-4-14(13)12-8-16(20)18(17(21)9-12)25(22,23)24/h5-9H,2-4H2,1H3,(H2,22,23,24). The zero-order chi connectivity index (χ0) is 18.4. The van der Waals surface area contributed by atoms with Crippen molar-refractivity contribution >= 4 is 21.2 Å². The Labute approximate surface area is 144 Å². The molecule has 0 aromatic heterocycles. The first-order valence-corrected chi connectivity index (χ1v) is 9.24. The van der Waals surface area contributed by atoms with Gasteiger partial charge in [0.2, 0.25) is 10.0 Å². The van der Waals surface area contributed by atoms with Gasteiger partial charge in [0.05, 0.1) is 0 Å². The van der Waals surface area contributed by atoms with Crippen molar-refractivity contribution in [2.75, 3.05) is 0 Å². The van der Waals surface area contributed by atoms with Crippen molar-refractivity contribution in [1.29, 1.82) is 0 Å². The minimum atomic E-state index is -4.50. The summed E-state index contributed by atoms with van der Waals surface area (Å²) in [6.07, 6.45) is 1.98. The summed E-state index contributed by atoms with van der Waals surface area (Å²) in [5.74, 6) is -2.81. The van der Waals surface area contributed by atoms with E-state index in [2.05, 4.69) is 0 Å². The number of hydrogen-bond donors (Lipinski definition) is 1. The molecular formula is C18H16F3NO2S. The minimum absolute atomic E-state index is 0.246. The average Bonchev–Trinajstić information content (AvgIpc) is 2.97. The molecule has 0 heterocycles. The van der Waals surface area contributed by atoms with Gasteiger partial charge in [-0.05, 0) is 72.2 Å². The maximum atomic E-state index is 14.1. The van der Waals surface area contributed by atoms with Gasteiger partial charge in [-0.15, -0.1) is 0 Å². The molecule has 0 radical (unpaired) electrons. The van der Waals surface area contributed by atoms with E-state index in [0.29, 0.717) is 29.5 Å². The molecule has 0 aliphatic heterocycles. The van der Waals surface area contributed by atoms with Gasteiger partial charge in [0.15, 0.2) is 4.90 Å². The SMILES string of the molecule is Cc1ccc(C2=C(c3cc(F)c(S(N)(=O)=O)c(F)c3)CCC2)cc1F. The van der Waals surface area contributed by atoms with Crippen LogP contribution in [0.3, 0.4) is 0 Å². The molecule has 0 amide bonds. The highest BCUT2D eigenvalue weighted by molar-refractivity contribution is 7.89. The van der Waals surface area contributed by atoms with Crippen molar-refractivity contribution in [2.45, 2.75) is 31.1 Å². The molecule has 0 bridgehead atoms. The Morgan fingerprint density at radius 1 is 0.880 bits per heavy atom. The van der Waals surface area contributed by atoms with Crippen LogP contribution >= 0.6 is 0 Å². The number of nitrogens with two attached hydrogens (primary N) is 1. The zero-order valence-electron chi connectivity index (χ0n) is 13.4. The van der Waals surface area contributed by atoms with E-state index in [-0.39, 0.29) is 11.4 Å². The first-order valence-electron chi connectivity index (χ1n) is 7.69. The normalized spacial score (nSPS) is 15.1. The van der Waals surface area contributed by atoms with Gasteiger partial charge < -0.3 is 0 Å². The molecule has 0 saturated carbocycles. The van der Waals surface area contributed by atoms with Gasteiger partial charge in [-0.3, -0.25) is 0 Å². The lowest BCUT2D eigenvalue weighted by molar-refractivity contribution is 0.519. The zero-order valence-corrected chi connectivity index (χ0v) is 14.3. The summed E-state index contributed by atoms with van der Waals surface area (Å²) in [6, 6.07) is 6.76. The molecule has 0 atom stereocenters. The predicted octanol–water partition coefficient (Wildman–Crippen LogP) is 4.15. The van der Waals surface area contributed by atoms with Gasteiger partial charge in [0, 0.05) is 0 Å². The number of primary sulfonamides is 1. The molecule has 0 fully saturated rings. The Balaban J connectivity index is 2.15. The fourth-order valence-electron chi connectivity index (χ4n) is 3.17. The van der Waals surface area contributed by atoms with E-state index in [4.69, 9.17) is 5.14 Å². The first-order chi connectivity index (χ1) is 11.7. The van der Waals surface area contributed by atoms with E-state index in [1.165, 1.54) is 6.07 Å². The Morgan fingerprint density at radius 2 is 1.40 bits per heavy atom. The number of halogens is 3. The van der Waals surface area contributed by atoms with Gasteiger partial charge in [-0.25, -0.2) is 26.7 Å². The number of allylic oxidation sites excluding steroid dienone is 2. The first kappa shape index (κ1) is 17.7. The van der Waals surface area contributed by atoms with E-state index >= 15 is 0 Å². The van der Waals surface area contributed by atoms with Crippen LogP contribution < -0.4 is 5.14 Å². The van der Waals surface area contributed by atoms with E-state index in [1.54, 1.807) is 19.1 Å². The highest BCUT2D eigenvalue weighted by atomic mass is 32.2. The van der Waals surface area contributed by atoms with Crippen LogP contribution in [-0.2, 0) is 10.0 Å². The third-order valence-corrected chi connectivity index (χ3v) is 5.33. The number of rotatable bonds is 3. The van der Waals surface area contributed by atoms with Gasteiger partial charge in [0.25, 0.3) is 0 Å². The molecule has 0 spiro atoms. The van der Waals surface area contributed by atoms with Gasteiger partial charge >= 0.3 is 0 Å². The van der Waals surface area contributed by atoms with Crippen LogP contribution in [0.15, 0.2) is 35.2 Å². The van der Waals surface area contributed by atoms with Crippen molar-refractivity contribution in [3.63, 3.8) is 0 Å². The number of aryl methyl sites for hydroxylation is 1. The topological polar surface area (TPSA) is 60.2 Å². The van der Waals surface area contributed by atoms with Crippen molar-refractivity contribution in [3.05, 3.63) is 64.5 Å². The smallest absolute Gasteiger partial charge is 0.224 e. The Hall–Kier alpha value is -2.12. The number of hydrogen-bond acceptors (Lipinski definition) is 2. The van der Waals surface area contributed by atoms with Gasteiger partial charge in [-0.2, -0.15) is 0 Å². The highest BCUT2D eigenvalue weighted by Crippen LogP contribution is 2.41. The lowest BCUT2D eigenvalue weighted by atomic mass is 9.96. The van der Waals surface area contributed by atoms with Crippen molar-refractivity contribution in [2.24, 2.45) is 5.14 Å². The molecule has 2 N–H and O–H groups in total. The van der Waals surface area contributed by atoms with E-state index in [1.807, 2.05) is 0 Å². The van der Waals surface area contributed by atoms with E-state index in [9.17, 15) is 21.6 Å². The van der Waals surface area contributed by atoms with Crippen LogP contribution in [-0.4, -0.2) is 8.42 Å². The van der Waals surface area contributed by atoms with Gasteiger partial charge in [-0.1, -0.05) is 12.1 Å². The molecule has 25 heavy (non-hydrogen) atoms. The lowest BCUT2D eigenvalue weighted by Gasteiger charge is -2.11. The summed E-state index contributed by atoms with van der Waals surface area (Å²) < 4.78 is 64.7. The van der Waals surface area contributed by atoms with Crippen LogP contribution in [0.5, 0.6) is 0 Å². The Bertz CT molecular complexity index is 974. The molecule has 2 aromatic carbocycles. The van der Waals surface area contributed by atoms with Crippen molar-refractivity contribution in [3.8, 4) is 0 Å². The molecule has 1 aliphatic carbocycles. The fraction of sp³-hybridized carbons (Fsp3) is 0.222. The number of benzene rings is 2. The second kappa shape index (κ2) is 6.31. The van der Waals surface area contributed by atoms with Crippen molar-refractivity contribution < 1.29 is 21.6 Å². The molecule has 3 rings (SSSR count). The summed E-state index contributed by atoms with van der Waals surface area (Å²) in [5.41, 5.74) is 2.91. The summed E-state index contributed by atoms with van der Waals surface area (Å²) in [7, 11) is -4.50. The maximum Gasteiger partial charge on any atom is 0.243 e. The Morgan fingerprint density at radius 3 is 1.92 bits per heavy atom. The second-order valence-electron chi connectivity index (χ2n) is 6.09.